The highest BCUT2D eigenvalue weighted by Crippen LogP contribution is 2.28. The molecule has 1 saturated carbocycles. The number of rotatable bonds is 17. The Morgan fingerprint density at radius 2 is 1.71 bits per heavy atom. The molecule has 1 aliphatic rings. The van der Waals surface area contributed by atoms with Crippen LogP contribution >= 0.6 is 11.3 Å². The van der Waals surface area contributed by atoms with Crippen LogP contribution in [0, 0.1) is 11.8 Å². The summed E-state index contributed by atoms with van der Waals surface area (Å²) >= 11 is 1.55. The van der Waals surface area contributed by atoms with Crippen LogP contribution in [-0.4, -0.2) is 89.4 Å². The van der Waals surface area contributed by atoms with Crippen molar-refractivity contribution in [3.05, 3.63) is 81.8 Å². The van der Waals surface area contributed by atoms with Gasteiger partial charge in [-0.05, 0) is 54.4 Å². The molecule has 0 saturated heterocycles. The maximum Gasteiger partial charge on any atom is 0.318 e. The fraction of sp³-hybridized carbons (Fsp3) is 0.514. The van der Waals surface area contributed by atoms with Crippen molar-refractivity contribution in [2.24, 2.45) is 17.0 Å². The number of aromatic nitrogens is 1. The summed E-state index contributed by atoms with van der Waals surface area (Å²) in [7, 11) is -2.40. The molecule has 1 aliphatic carbocycles. The van der Waals surface area contributed by atoms with Gasteiger partial charge in [0.25, 0.3) is 0 Å². The van der Waals surface area contributed by atoms with Crippen LogP contribution in [0.2, 0.25) is 0 Å². The van der Waals surface area contributed by atoms with Gasteiger partial charge in [0, 0.05) is 31.4 Å². The molecule has 278 valence electrons. The van der Waals surface area contributed by atoms with Crippen molar-refractivity contribution in [3.8, 4) is 0 Å². The minimum absolute atomic E-state index is 0.0521. The standard InChI is InChI=1S/C37H52N6O6S2/c1-25(2)34(41-37(46)42(5)22-30-24-50-36(39-30)26(3)4)35(45)40-32(19-27-11-7-6-8-12-27)33(44)23-43(21-29-13-9-10-14-29)51(48,49)31-17-15-28(16-18-31)20-38-47/h6-8,11-12,15-18,20,24-26,29,32-34,44,47H,9-10,13-14,19,21-23H2,1-5H3,(H,40,45)(H,41,46)/t32-,33-,34-/m0/s1. The normalized spacial score (nSPS) is 15.8. The number of sulfonamides is 1. The van der Waals surface area contributed by atoms with Gasteiger partial charge in [-0.1, -0.05) is 88.2 Å². The lowest BCUT2D eigenvalue weighted by Gasteiger charge is -2.33. The third-order valence-corrected chi connectivity index (χ3v) is 12.2. The molecule has 1 heterocycles. The summed E-state index contributed by atoms with van der Waals surface area (Å²) in [6, 6.07) is 13.1. The minimum Gasteiger partial charge on any atom is -0.411 e. The fourth-order valence-electron chi connectivity index (χ4n) is 6.21. The number of thiazole rings is 1. The van der Waals surface area contributed by atoms with Gasteiger partial charge in [0.2, 0.25) is 15.9 Å². The van der Waals surface area contributed by atoms with E-state index in [4.69, 9.17) is 5.21 Å². The van der Waals surface area contributed by atoms with E-state index in [-0.39, 0.29) is 48.7 Å². The van der Waals surface area contributed by atoms with Gasteiger partial charge in [0.1, 0.15) is 6.04 Å². The monoisotopic (exact) mass is 740 g/mol. The Bertz CT molecular complexity index is 1690. The molecule has 3 amide bonds. The lowest BCUT2D eigenvalue weighted by Crippen LogP contribution is -2.58. The SMILES string of the molecule is CC(C)c1nc(CN(C)C(=O)N[C@H](C(=O)N[C@@H](Cc2ccccc2)[C@@H](O)CN(CC2CCCC2)S(=O)(=O)c2ccc(C=NO)cc2)C(C)C)cs1. The zero-order valence-electron chi connectivity index (χ0n) is 30.1. The van der Waals surface area contributed by atoms with Crippen molar-refractivity contribution >= 4 is 39.5 Å². The summed E-state index contributed by atoms with van der Waals surface area (Å²) in [5.41, 5.74) is 2.15. The van der Waals surface area contributed by atoms with Crippen molar-refractivity contribution in [3.63, 3.8) is 0 Å². The number of aliphatic hydroxyl groups excluding tert-OH is 1. The van der Waals surface area contributed by atoms with Crippen LogP contribution in [0.3, 0.4) is 0 Å². The first kappa shape index (κ1) is 39.9. The topological polar surface area (TPSA) is 165 Å². The van der Waals surface area contributed by atoms with Crippen molar-refractivity contribution in [2.75, 3.05) is 20.1 Å². The third kappa shape index (κ3) is 11.3. The Balaban J connectivity index is 1.54. The quantitative estimate of drug-likeness (QED) is 0.0839. The number of oxime groups is 1. The number of carbonyl (C=O) groups excluding carboxylic acids is 2. The van der Waals surface area contributed by atoms with E-state index in [1.54, 1.807) is 30.5 Å². The first-order valence-corrected chi connectivity index (χ1v) is 19.9. The van der Waals surface area contributed by atoms with Gasteiger partial charge in [-0.3, -0.25) is 4.79 Å². The summed E-state index contributed by atoms with van der Waals surface area (Å²) < 4.78 is 29.5. The number of urea groups is 1. The third-order valence-electron chi connectivity index (χ3n) is 9.18. The van der Waals surface area contributed by atoms with Crippen LogP contribution in [0.25, 0.3) is 0 Å². The number of hydrogen-bond donors (Lipinski definition) is 4. The highest BCUT2D eigenvalue weighted by molar-refractivity contribution is 7.89. The summed E-state index contributed by atoms with van der Waals surface area (Å²) in [5.74, 6) is -0.338. The van der Waals surface area contributed by atoms with Gasteiger partial charge in [-0.15, -0.1) is 11.3 Å². The highest BCUT2D eigenvalue weighted by Gasteiger charge is 2.35. The molecular formula is C37H52N6O6S2. The highest BCUT2D eigenvalue weighted by atomic mass is 32.2. The lowest BCUT2D eigenvalue weighted by atomic mass is 9.98. The Morgan fingerprint density at radius 3 is 2.29 bits per heavy atom. The molecule has 0 unspecified atom stereocenters. The Kier molecular flexibility index (Phi) is 14.5. The molecule has 4 N–H and O–H groups in total. The molecule has 0 spiro atoms. The average Bonchev–Trinajstić information content (AvgIpc) is 3.80. The van der Waals surface area contributed by atoms with Crippen LogP contribution in [0.15, 0.2) is 70.0 Å². The number of carbonyl (C=O) groups is 2. The Hall–Kier alpha value is -3.85. The number of aliphatic hydroxyl groups is 1. The van der Waals surface area contributed by atoms with E-state index in [0.29, 0.717) is 5.56 Å². The van der Waals surface area contributed by atoms with Crippen molar-refractivity contribution < 1.29 is 28.3 Å². The van der Waals surface area contributed by atoms with Crippen LogP contribution in [0.4, 0.5) is 4.79 Å². The zero-order chi connectivity index (χ0) is 37.1. The molecule has 12 nitrogen and oxygen atoms in total. The summed E-state index contributed by atoms with van der Waals surface area (Å²) in [6.45, 7) is 8.05. The zero-order valence-corrected chi connectivity index (χ0v) is 31.7. The van der Waals surface area contributed by atoms with Crippen molar-refractivity contribution in [1.29, 1.82) is 0 Å². The first-order valence-electron chi connectivity index (χ1n) is 17.5. The minimum atomic E-state index is -4.05. The number of amides is 3. The van der Waals surface area contributed by atoms with E-state index in [1.165, 1.54) is 27.6 Å². The molecule has 1 fully saturated rings. The predicted molar refractivity (Wildman–Crippen MR) is 199 cm³/mol. The molecule has 1 aromatic heterocycles. The number of benzene rings is 2. The smallest absolute Gasteiger partial charge is 0.318 e. The van der Waals surface area contributed by atoms with E-state index < -0.39 is 40.1 Å². The molecule has 2 aromatic carbocycles. The molecule has 0 bridgehead atoms. The number of hydrogen-bond acceptors (Lipinski definition) is 9. The fourth-order valence-corrected chi connectivity index (χ4v) is 8.57. The van der Waals surface area contributed by atoms with Gasteiger partial charge in [0.05, 0.1) is 40.5 Å². The molecule has 0 aliphatic heterocycles. The maximum absolute atomic E-state index is 14.1. The molecule has 51 heavy (non-hydrogen) atoms. The first-order chi connectivity index (χ1) is 24.3. The van der Waals surface area contributed by atoms with E-state index >= 15 is 0 Å². The van der Waals surface area contributed by atoms with E-state index in [2.05, 4.69) is 34.6 Å². The van der Waals surface area contributed by atoms with Gasteiger partial charge in [0.15, 0.2) is 0 Å². The largest absolute Gasteiger partial charge is 0.411 e. The van der Waals surface area contributed by atoms with Crippen LogP contribution < -0.4 is 10.6 Å². The summed E-state index contributed by atoms with van der Waals surface area (Å²) in [4.78, 5) is 33.4. The average molecular weight is 741 g/mol. The van der Waals surface area contributed by atoms with Gasteiger partial charge in [-0.25, -0.2) is 18.2 Å². The van der Waals surface area contributed by atoms with Crippen LogP contribution in [0.5, 0.6) is 0 Å². The lowest BCUT2D eigenvalue weighted by molar-refractivity contribution is -0.125. The second-order valence-electron chi connectivity index (χ2n) is 14.0. The van der Waals surface area contributed by atoms with E-state index in [9.17, 15) is 23.1 Å². The summed E-state index contributed by atoms with van der Waals surface area (Å²) in [6.07, 6.45) is 3.99. The van der Waals surface area contributed by atoms with Gasteiger partial charge < -0.3 is 25.8 Å². The Labute approximate surface area is 306 Å². The second kappa shape index (κ2) is 18.6. The van der Waals surface area contributed by atoms with Crippen LogP contribution in [0.1, 0.15) is 81.1 Å². The molecule has 14 heteroatoms. The maximum atomic E-state index is 14.1. The number of nitrogens with one attached hydrogen (secondary N) is 2. The predicted octanol–water partition coefficient (Wildman–Crippen LogP) is 5.21. The van der Waals surface area contributed by atoms with Gasteiger partial charge >= 0.3 is 6.03 Å². The number of nitrogens with zero attached hydrogens (tertiary/aromatic N) is 4. The van der Waals surface area contributed by atoms with Crippen molar-refractivity contribution in [2.45, 2.75) is 95.3 Å². The molecule has 0 radical (unpaired) electrons. The molecule has 3 aromatic rings. The van der Waals surface area contributed by atoms with E-state index in [0.717, 1.165) is 41.9 Å². The molecule has 3 atom stereocenters. The molecule has 4 rings (SSSR count). The second-order valence-corrected chi connectivity index (χ2v) is 16.8. The van der Waals surface area contributed by atoms with E-state index in [1.807, 2.05) is 49.6 Å². The summed E-state index contributed by atoms with van der Waals surface area (Å²) in [5, 5.41) is 32.5. The van der Waals surface area contributed by atoms with Crippen LogP contribution in [-0.2, 0) is 27.8 Å². The van der Waals surface area contributed by atoms with Gasteiger partial charge in [-0.2, -0.15) is 4.31 Å². The Morgan fingerprint density at radius 1 is 1.04 bits per heavy atom. The molecular weight excluding hydrogens is 689 g/mol. The van der Waals surface area contributed by atoms with Crippen molar-refractivity contribution in [1.82, 2.24) is 24.8 Å².